The summed E-state index contributed by atoms with van der Waals surface area (Å²) in [7, 11) is 0. The Morgan fingerprint density at radius 1 is 0.868 bits per heavy atom. The summed E-state index contributed by atoms with van der Waals surface area (Å²) in [5.41, 5.74) is 4.92. The Morgan fingerprint density at radius 2 is 1.55 bits per heavy atom. The largest absolute Gasteiger partial charge is 0.506 e. The van der Waals surface area contributed by atoms with Gasteiger partial charge in [-0.25, -0.2) is 5.48 Å². The number of carbonyl (C=O) groups excluding carboxylic acids is 2. The number of halogens is 3. The van der Waals surface area contributed by atoms with Crippen molar-refractivity contribution in [2.75, 3.05) is 4.90 Å². The van der Waals surface area contributed by atoms with Crippen molar-refractivity contribution >= 4 is 52.3 Å². The summed E-state index contributed by atoms with van der Waals surface area (Å²) in [5.74, 6) is -1.93. The second-order valence-electron chi connectivity index (χ2n) is 8.72. The number of phenols is 1. The molecule has 4 aromatic rings. The maximum Gasteiger partial charge on any atom is 0.259 e. The van der Waals surface area contributed by atoms with Gasteiger partial charge in [-0.15, -0.1) is 0 Å². The molecule has 2 N–H and O–H groups in total. The summed E-state index contributed by atoms with van der Waals surface area (Å²) in [6.07, 6.45) is 0. The van der Waals surface area contributed by atoms with Gasteiger partial charge in [-0.05, 0) is 59.2 Å². The van der Waals surface area contributed by atoms with E-state index in [0.717, 1.165) is 5.56 Å². The van der Waals surface area contributed by atoms with Gasteiger partial charge in [-0.2, -0.15) is 0 Å². The number of nitrogens with one attached hydrogen (secondary N) is 1. The summed E-state index contributed by atoms with van der Waals surface area (Å²) in [5, 5.41) is 12.0. The maximum atomic E-state index is 13.9. The van der Waals surface area contributed by atoms with Crippen molar-refractivity contribution in [2.45, 2.75) is 18.6 Å². The summed E-state index contributed by atoms with van der Waals surface area (Å²) in [6.45, 7) is 0.103. The van der Waals surface area contributed by atoms with Crippen molar-refractivity contribution in [3.63, 3.8) is 0 Å². The summed E-state index contributed by atoms with van der Waals surface area (Å²) < 4.78 is 0. The molecule has 0 unspecified atom stereocenters. The number of hydrogen-bond acceptors (Lipinski definition) is 4. The first-order valence-electron chi connectivity index (χ1n) is 11.7. The molecule has 1 aliphatic heterocycles. The number of nitrogens with zero attached hydrogens (tertiary/aromatic N) is 1. The van der Waals surface area contributed by atoms with Crippen molar-refractivity contribution < 1.29 is 19.5 Å². The van der Waals surface area contributed by atoms with E-state index in [9.17, 15) is 14.7 Å². The van der Waals surface area contributed by atoms with Crippen LogP contribution in [-0.2, 0) is 16.2 Å². The lowest BCUT2D eigenvalue weighted by Crippen LogP contribution is -2.47. The zero-order valence-corrected chi connectivity index (χ0v) is 22.0. The average Bonchev–Trinajstić information content (AvgIpc) is 2.90. The highest BCUT2D eigenvalue weighted by Crippen LogP contribution is 2.48. The monoisotopic (exact) mass is 566 g/mol. The van der Waals surface area contributed by atoms with E-state index >= 15 is 0 Å². The van der Waals surface area contributed by atoms with E-state index in [1.165, 1.54) is 11.0 Å². The number of para-hydroxylation sites is 2. The van der Waals surface area contributed by atoms with Crippen LogP contribution in [0, 0.1) is 0 Å². The molecular formula is C29H21Cl3N2O4. The molecule has 2 atom stereocenters. The van der Waals surface area contributed by atoms with Crippen LogP contribution in [0.15, 0.2) is 91.0 Å². The van der Waals surface area contributed by atoms with Crippen LogP contribution in [0.2, 0.25) is 15.1 Å². The van der Waals surface area contributed by atoms with E-state index in [-0.39, 0.29) is 29.0 Å². The second-order valence-corrected chi connectivity index (χ2v) is 10.0. The fourth-order valence-electron chi connectivity index (χ4n) is 4.64. The van der Waals surface area contributed by atoms with Crippen LogP contribution < -0.4 is 10.4 Å². The molecule has 0 aromatic heterocycles. The topological polar surface area (TPSA) is 78.9 Å². The molecule has 0 saturated heterocycles. The van der Waals surface area contributed by atoms with Crippen LogP contribution in [-0.4, -0.2) is 16.9 Å². The lowest BCUT2D eigenvalue weighted by atomic mass is 9.79. The van der Waals surface area contributed by atoms with E-state index in [0.29, 0.717) is 26.7 Å². The Morgan fingerprint density at radius 3 is 2.29 bits per heavy atom. The molecule has 4 aromatic carbocycles. The lowest BCUT2D eigenvalue weighted by Gasteiger charge is -2.42. The quantitative estimate of drug-likeness (QED) is 0.244. The minimum Gasteiger partial charge on any atom is -0.506 e. The maximum absolute atomic E-state index is 13.9. The van der Waals surface area contributed by atoms with Gasteiger partial charge in [0.2, 0.25) is 0 Å². The minimum atomic E-state index is -0.938. The third kappa shape index (κ3) is 5.08. The molecule has 0 spiro atoms. The van der Waals surface area contributed by atoms with Crippen LogP contribution >= 0.6 is 34.8 Å². The number of benzene rings is 4. The van der Waals surface area contributed by atoms with Crippen LogP contribution in [0.5, 0.6) is 5.75 Å². The molecule has 5 rings (SSSR count). The molecule has 9 heteroatoms. The van der Waals surface area contributed by atoms with Gasteiger partial charge in [-0.3, -0.25) is 19.3 Å². The molecule has 192 valence electrons. The first kappa shape index (κ1) is 26.1. The SMILES string of the molecule is O=C(NOCc1ccc(Cl)cc1)[C@@H]1c2ccccc2C(=O)N(c2ccccc2O)[C@H]1c1ccc(Cl)cc1Cl. The van der Waals surface area contributed by atoms with Crippen molar-refractivity contribution in [3.05, 3.63) is 128 Å². The van der Waals surface area contributed by atoms with Crippen molar-refractivity contribution in [3.8, 4) is 5.75 Å². The number of carbonyl (C=O) groups is 2. The molecule has 0 saturated carbocycles. The first-order valence-corrected chi connectivity index (χ1v) is 12.8. The Kier molecular flexibility index (Phi) is 7.58. The number of hydrogen-bond donors (Lipinski definition) is 2. The van der Waals surface area contributed by atoms with Gasteiger partial charge in [0.05, 0.1) is 24.3 Å². The molecule has 2 amide bonds. The highest BCUT2D eigenvalue weighted by atomic mass is 35.5. The summed E-state index contributed by atoms with van der Waals surface area (Å²) >= 11 is 18.8. The third-order valence-electron chi connectivity index (χ3n) is 6.37. The fraction of sp³-hybridized carbons (Fsp3) is 0.103. The normalized spacial score (nSPS) is 16.7. The number of fused-ring (bicyclic) bond motifs is 1. The van der Waals surface area contributed by atoms with Gasteiger partial charge in [0.15, 0.2) is 0 Å². The van der Waals surface area contributed by atoms with Crippen LogP contribution in [0.4, 0.5) is 5.69 Å². The van der Waals surface area contributed by atoms with Gasteiger partial charge in [-0.1, -0.05) is 83.3 Å². The van der Waals surface area contributed by atoms with E-state index in [1.807, 2.05) is 0 Å². The number of amides is 2. The predicted molar refractivity (Wildman–Crippen MR) is 148 cm³/mol. The third-order valence-corrected chi connectivity index (χ3v) is 7.18. The zero-order valence-electron chi connectivity index (χ0n) is 19.8. The molecular weight excluding hydrogens is 547 g/mol. The highest BCUT2D eigenvalue weighted by Gasteiger charge is 2.46. The van der Waals surface area contributed by atoms with Gasteiger partial charge in [0, 0.05) is 20.6 Å². The van der Waals surface area contributed by atoms with Crippen LogP contribution in [0.1, 0.15) is 39.0 Å². The van der Waals surface area contributed by atoms with Gasteiger partial charge in [0.25, 0.3) is 11.8 Å². The molecule has 0 aliphatic carbocycles. The molecule has 1 heterocycles. The van der Waals surface area contributed by atoms with Gasteiger partial charge < -0.3 is 5.11 Å². The zero-order chi connectivity index (χ0) is 26.8. The number of anilines is 1. The molecule has 38 heavy (non-hydrogen) atoms. The minimum absolute atomic E-state index is 0.103. The Labute approximate surface area is 234 Å². The van der Waals surface area contributed by atoms with Crippen LogP contribution in [0.25, 0.3) is 0 Å². The summed E-state index contributed by atoms with van der Waals surface area (Å²) in [6, 6.07) is 24.3. The van der Waals surface area contributed by atoms with E-state index in [4.69, 9.17) is 39.6 Å². The Hall–Kier alpha value is -3.55. The van der Waals surface area contributed by atoms with Crippen molar-refractivity contribution in [2.24, 2.45) is 0 Å². The van der Waals surface area contributed by atoms with Gasteiger partial charge >= 0.3 is 0 Å². The van der Waals surface area contributed by atoms with Crippen LogP contribution in [0.3, 0.4) is 0 Å². The van der Waals surface area contributed by atoms with E-state index in [2.05, 4.69) is 5.48 Å². The summed E-state index contributed by atoms with van der Waals surface area (Å²) in [4.78, 5) is 34.7. The fourth-order valence-corrected chi connectivity index (χ4v) is 5.29. The van der Waals surface area contributed by atoms with Crippen molar-refractivity contribution in [1.29, 1.82) is 0 Å². The first-order chi connectivity index (χ1) is 18.3. The Balaban J connectivity index is 1.60. The number of rotatable bonds is 6. The molecule has 1 aliphatic rings. The number of aromatic hydroxyl groups is 1. The second kappa shape index (κ2) is 11.1. The van der Waals surface area contributed by atoms with E-state index in [1.54, 1.807) is 84.9 Å². The smallest absolute Gasteiger partial charge is 0.259 e. The standard InChI is InChI=1S/C29H21Cl3N2O4/c30-18-11-9-17(10-12-18)16-38-33-28(36)26-20-5-1-2-6-21(20)29(37)34(24-7-3-4-8-25(24)35)27(26)22-14-13-19(31)15-23(22)32/h1-15,26-27,35H,16H2,(H,33,36)/t26-,27+/m1/s1. The van der Waals surface area contributed by atoms with E-state index < -0.39 is 17.9 Å². The Bertz CT molecular complexity index is 1510. The number of phenolic OH excluding ortho intramolecular Hbond substituents is 1. The van der Waals surface area contributed by atoms with Crippen molar-refractivity contribution in [1.82, 2.24) is 5.48 Å². The molecule has 0 bridgehead atoms. The molecule has 6 nitrogen and oxygen atoms in total. The molecule has 0 fully saturated rings. The molecule has 0 radical (unpaired) electrons. The lowest BCUT2D eigenvalue weighted by molar-refractivity contribution is -0.136. The van der Waals surface area contributed by atoms with Gasteiger partial charge in [0.1, 0.15) is 5.75 Å². The average molecular weight is 568 g/mol. The highest BCUT2D eigenvalue weighted by molar-refractivity contribution is 6.35. The number of hydroxylamine groups is 1. The predicted octanol–water partition coefficient (Wildman–Crippen LogP) is 7.09.